The zero-order valence-corrected chi connectivity index (χ0v) is 24.4. The summed E-state index contributed by atoms with van der Waals surface area (Å²) in [6, 6.07) is 16.2. The van der Waals surface area contributed by atoms with Crippen molar-refractivity contribution in [1.82, 2.24) is 5.32 Å². The van der Waals surface area contributed by atoms with Crippen LogP contribution >= 0.6 is 11.8 Å². The summed E-state index contributed by atoms with van der Waals surface area (Å²) >= 11 is 0.653. The Morgan fingerprint density at radius 2 is 1.71 bits per heavy atom. The lowest BCUT2D eigenvalue weighted by molar-refractivity contribution is -0.150. The topological polar surface area (TPSA) is 111 Å². The maximum atomic E-state index is 13.1. The first-order chi connectivity index (χ1) is 19.5. The number of phenols is 1. The third kappa shape index (κ3) is 5.63. The van der Waals surface area contributed by atoms with Gasteiger partial charge >= 0.3 is 5.97 Å². The lowest BCUT2D eigenvalue weighted by Crippen LogP contribution is -2.46. The molecule has 0 spiro atoms. The van der Waals surface area contributed by atoms with Crippen LogP contribution in [0.3, 0.4) is 0 Å². The van der Waals surface area contributed by atoms with Gasteiger partial charge in [-0.3, -0.25) is 14.9 Å². The number of amides is 2. The molecular weight excluding hydrogens is 542 g/mol. The van der Waals surface area contributed by atoms with Gasteiger partial charge < -0.3 is 19.3 Å². The van der Waals surface area contributed by atoms with E-state index in [4.69, 9.17) is 14.2 Å². The van der Waals surface area contributed by atoms with E-state index in [0.717, 1.165) is 46.4 Å². The van der Waals surface area contributed by atoms with Gasteiger partial charge in [-0.1, -0.05) is 42.5 Å². The van der Waals surface area contributed by atoms with Crippen molar-refractivity contribution in [2.45, 2.75) is 63.9 Å². The van der Waals surface area contributed by atoms with Crippen LogP contribution in [0.1, 0.15) is 46.7 Å². The molecule has 3 aromatic rings. The molecule has 214 valence electrons. The molecular formula is C32H33NO7S. The molecule has 0 radical (unpaired) electrons. The minimum absolute atomic E-state index is 0.00136. The van der Waals surface area contributed by atoms with Gasteiger partial charge in [0.2, 0.25) is 4.75 Å². The van der Waals surface area contributed by atoms with Crippen LogP contribution in [0.4, 0.5) is 4.79 Å². The van der Waals surface area contributed by atoms with E-state index in [9.17, 15) is 19.5 Å². The van der Waals surface area contributed by atoms with Gasteiger partial charge in [0, 0.05) is 12.0 Å². The van der Waals surface area contributed by atoms with Crippen molar-refractivity contribution in [3.63, 3.8) is 0 Å². The van der Waals surface area contributed by atoms with Crippen LogP contribution in [0, 0.1) is 20.8 Å². The standard InChI is InChI=1S/C32H33NO7S/c1-19-20(2)27-25(21(3)26(19)34)14-15-31(4,40-27)18-39-24-12-10-22(11-13-24)16-32(28(35)33-30(37)41-32)29(36)38-17-23-8-6-5-7-9-23/h5-13,34H,14-18H2,1-4H3,(H,33,35,37)/t31?,32-/m0/s1. The number of thioether (sulfide) groups is 1. The number of carbonyl (C=O) groups excluding carboxylic acids is 3. The Bertz CT molecular complexity index is 1500. The van der Waals surface area contributed by atoms with E-state index in [1.807, 2.05) is 58.0 Å². The van der Waals surface area contributed by atoms with Crippen LogP contribution in [0.5, 0.6) is 17.2 Å². The zero-order chi connectivity index (χ0) is 29.4. The zero-order valence-electron chi connectivity index (χ0n) is 23.5. The fourth-order valence-electron chi connectivity index (χ4n) is 5.21. The Labute approximate surface area is 243 Å². The number of esters is 1. The van der Waals surface area contributed by atoms with Gasteiger partial charge in [-0.15, -0.1) is 0 Å². The van der Waals surface area contributed by atoms with E-state index in [1.54, 1.807) is 24.3 Å². The van der Waals surface area contributed by atoms with Gasteiger partial charge in [-0.05, 0) is 92.2 Å². The highest BCUT2D eigenvalue weighted by Crippen LogP contribution is 2.43. The highest BCUT2D eigenvalue weighted by atomic mass is 32.2. The Morgan fingerprint density at radius 1 is 1.00 bits per heavy atom. The molecule has 8 nitrogen and oxygen atoms in total. The summed E-state index contributed by atoms with van der Waals surface area (Å²) in [6.07, 6.45) is 1.50. The molecule has 2 amide bonds. The van der Waals surface area contributed by atoms with Crippen molar-refractivity contribution in [2.75, 3.05) is 6.61 Å². The molecule has 9 heteroatoms. The highest BCUT2D eigenvalue weighted by Gasteiger charge is 2.55. The minimum Gasteiger partial charge on any atom is -0.507 e. The van der Waals surface area contributed by atoms with Crippen molar-refractivity contribution in [3.05, 3.63) is 88.0 Å². The van der Waals surface area contributed by atoms with Crippen LogP contribution in [0.25, 0.3) is 0 Å². The van der Waals surface area contributed by atoms with E-state index in [-0.39, 0.29) is 13.0 Å². The summed E-state index contributed by atoms with van der Waals surface area (Å²) in [6.45, 7) is 8.09. The van der Waals surface area contributed by atoms with Gasteiger partial charge in [0.1, 0.15) is 36.1 Å². The fourth-order valence-corrected chi connectivity index (χ4v) is 6.19. The first kappa shape index (κ1) is 28.5. The molecule has 2 aliphatic heterocycles. The lowest BCUT2D eigenvalue weighted by atomic mass is 9.87. The summed E-state index contributed by atoms with van der Waals surface area (Å²) in [5, 5.41) is 12.1. The number of ether oxygens (including phenoxy) is 3. The number of benzene rings is 3. The molecule has 3 aromatic carbocycles. The monoisotopic (exact) mass is 575 g/mol. The van der Waals surface area contributed by atoms with Gasteiger partial charge in [0.15, 0.2) is 0 Å². The lowest BCUT2D eigenvalue weighted by Gasteiger charge is -2.37. The molecule has 1 saturated heterocycles. The van der Waals surface area contributed by atoms with Gasteiger partial charge in [0.05, 0.1) is 0 Å². The van der Waals surface area contributed by atoms with Crippen LogP contribution < -0.4 is 14.8 Å². The molecule has 1 fully saturated rings. The molecule has 0 aliphatic carbocycles. The van der Waals surface area contributed by atoms with E-state index in [0.29, 0.717) is 35.4 Å². The molecule has 1 unspecified atom stereocenters. The second-order valence-corrected chi connectivity index (χ2v) is 12.2. The Hall–Kier alpha value is -3.98. The number of rotatable bonds is 8. The normalized spacial score (nSPS) is 21.6. The molecule has 0 aromatic heterocycles. The van der Waals surface area contributed by atoms with Crippen LogP contribution in [0.15, 0.2) is 54.6 Å². The van der Waals surface area contributed by atoms with E-state index in [2.05, 4.69) is 5.32 Å². The predicted molar refractivity (Wildman–Crippen MR) is 155 cm³/mol. The largest absolute Gasteiger partial charge is 0.507 e. The number of nitrogens with one attached hydrogen (secondary N) is 1. The van der Waals surface area contributed by atoms with E-state index < -0.39 is 27.5 Å². The second-order valence-electron chi connectivity index (χ2n) is 10.9. The SMILES string of the molecule is Cc1c(C)c2c(c(C)c1O)CCC(C)(COc1ccc(C[C@]3(C(=O)OCc4ccccc4)SC(=O)NC3=O)cc1)O2. The first-order valence-electron chi connectivity index (χ1n) is 13.5. The predicted octanol–water partition coefficient (Wildman–Crippen LogP) is 5.49. The molecule has 0 saturated carbocycles. The van der Waals surface area contributed by atoms with Crippen LogP contribution in [-0.2, 0) is 33.8 Å². The molecule has 2 atom stereocenters. The molecule has 2 N–H and O–H groups in total. The van der Waals surface area contributed by atoms with Crippen LogP contribution in [0.2, 0.25) is 0 Å². The Balaban J connectivity index is 1.25. The quantitative estimate of drug-likeness (QED) is 0.268. The smallest absolute Gasteiger partial charge is 0.333 e. The average molecular weight is 576 g/mol. The molecule has 2 heterocycles. The first-order valence-corrected chi connectivity index (χ1v) is 14.3. The highest BCUT2D eigenvalue weighted by molar-refractivity contribution is 8.16. The molecule has 0 bridgehead atoms. The second kappa shape index (κ2) is 11.1. The maximum Gasteiger partial charge on any atom is 0.333 e. The number of hydrogen-bond donors (Lipinski definition) is 2. The number of hydrogen-bond acceptors (Lipinski definition) is 8. The third-order valence-electron chi connectivity index (χ3n) is 7.90. The van der Waals surface area contributed by atoms with Crippen molar-refractivity contribution in [2.24, 2.45) is 0 Å². The summed E-state index contributed by atoms with van der Waals surface area (Å²) in [4.78, 5) is 38.0. The Kier molecular flexibility index (Phi) is 7.74. The minimum atomic E-state index is -1.70. The molecule has 5 rings (SSSR count). The van der Waals surface area contributed by atoms with Crippen molar-refractivity contribution < 1.29 is 33.7 Å². The number of fused-ring (bicyclic) bond motifs is 1. The summed E-state index contributed by atoms with van der Waals surface area (Å²) in [5.41, 5.74) is 4.56. The fraction of sp³-hybridized carbons (Fsp3) is 0.344. The number of aromatic hydroxyl groups is 1. The summed E-state index contributed by atoms with van der Waals surface area (Å²) in [5.74, 6) is 0.319. The number of carbonyl (C=O) groups is 3. The van der Waals surface area contributed by atoms with Crippen molar-refractivity contribution in [1.29, 1.82) is 0 Å². The molecule has 2 aliphatic rings. The number of phenolic OH excluding ortho intramolecular Hbond substituents is 1. The van der Waals surface area contributed by atoms with E-state index in [1.165, 1.54) is 0 Å². The number of imide groups is 1. The Morgan fingerprint density at radius 3 is 2.37 bits per heavy atom. The van der Waals surface area contributed by atoms with Gasteiger partial charge in [-0.2, -0.15) is 0 Å². The third-order valence-corrected chi connectivity index (χ3v) is 9.04. The summed E-state index contributed by atoms with van der Waals surface area (Å²) in [7, 11) is 0. The van der Waals surface area contributed by atoms with Crippen molar-refractivity contribution in [3.8, 4) is 17.2 Å². The van der Waals surface area contributed by atoms with E-state index >= 15 is 0 Å². The van der Waals surface area contributed by atoms with Crippen molar-refractivity contribution >= 4 is 28.9 Å². The van der Waals surface area contributed by atoms with Crippen LogP contribution in [-0.4, -0.2) is 39.2 Å². The summed E-state index contributed by atoms with van der Waals surface area (Å²) < 4.78 is 16.3. The molecule has 41 heavy (non-hydrogen) atoms. The van der Waals surface area contributed by atoms with Gasteiger partial charge in [0.25, 0.3) is 11.1 Å². The van der Waals surface area contributed by atoms with Gasteiger partial charge in [-0.25, -0.2) is 4.79 Å². The average Bonchev–Trinajstić information content (AvgIpc) is 3.26. The maximum absolute atomic E-state index is 13.1.